The van der Waals surface area contributed by atoms with Gasteiger partial charge in [-0.25, -0.2) is 0 Å². The second-order valence-electron chi connectivity index (χ2n) is 7.42. The van der Waals surface area contributed by atoms with Crippen molar-refractivity contribution in [3.05, 3.63) is 40.8 Å². The molecule has 0 saturated heterocycles. The molecule has 0 N–H and O–H groups in total. The first-order chi connectivity index (χ1) is 12.7. The molecule has 0 saturated carbocycles. The highest BCUT2D eigenvalue weighted by Gasteiger charge is 2.08. The number of hydrogen-bond donors (Lipinski definition) is 0. The molecule has 144 valence electrons. The summed E-state index contributed by atoms with van der Waals surface area (Å²) in [5.41, 5.74) is 3.87. The summed E-state index contributed by atoms with van der Waals surface area (Å²) >= 11 is 1.79. The molecule has 0 amide bonds. The van der Waals surface area contributed by atoms with E-state index in [1.807, 2.05) is 0 Å². The topological polar surface area (TPSA) is 9.23 Å². The minimum absolute atomic E-state index is 0.838. The van der Waals surface area contributed by atoms with Crippen molar-refractivity contribution in [3.8, 4) is 16.2 Å². The first kappa shape index (κ1) is 21.0. The largest absolute Gasteiger partial charge is 0.493 e. The predicted octanol–water partition coefficient (Wildman–Crippen LogP) is 8.33. The zero-order valence-electron chi connectivity index (χ0n) is 17.0. The Kier molecular flexibility index (Phi) is 9.84. The molecule has 1 aromatic carbocycles. The van der Waals surface area contributed by atoms with Crippen molar-refractivity contribution >= 4 is 11.3 Å². The molecule has 0 atom stereocenters. The lowest BCUT2D eigenvalue weighted by molar-refractivity contribution is 0.302. The normalized spacial score (nSPS) is 11.0. The Balaban J connectivity index is 1.65. The van der Waals surface area contributed by atoms with E-state index in [1.165, 1.54) is 79.4 Å². The first-order valence-electron chi connectivity index (χ1n) is 10.5. The molecule has 2 heteroatoms. The molecular weight excluding hydrogens is 336 g/mol. The van der Waals surface area contributed by atoms with Crippen LogP contribution in [0.1, 0.15) is 82.3 Å². The van der Waals surface area contributed by atoms with E-state index < -0.39 is 0 Å². The van der Waals surface area contributed by atoms with Gasteiger partial charge in [0.25, 0.3) is 0 Å². The number of rotatable bonds is 13. The molecule has 0 aliphatic carbocycles. The van der Waals surface area contributed by atoms with Crippen LogP contribution in [0, 0.1) is 13.8 Å². The Morgan fingerprint density at radius 1 is 0.846 bits per heavy atom. The standard InChI is InChI=1S/C24H36OS/c1-4-5-6-7-8-9-10-11-12-13-16-25-23-19-22(18-20(2)21(23)3)24-15-14-17-26-24/h14-15,17-19H,4-13,16H2,1-3H3. The summed E-state index contributed by atoms with van der Waals surface area (Å²) in [5, 5.41) is 2.13. The van der Waals surface area contributed by atoms with E-state index in [-0.39, 0.29) is 0 Å². The van der Waals surface area contributed by atoms with E-state index in [4.69, 9.17) is 4.74 Å². The molecule has 0 unspecified atom stereocenters. The molecule has 26 heavy (non-hydrogen) atoms. The van der Waals surface area contributed by atoms with Crippen molar-refractivity contribution < 1.29 is 4.74 Å². The minimum atomic E-state index is 0.838. The maximum absolute atomic E-state index is 6.13. The minimum Gasteiger partial charge on any atom is -0.493 e. The van der Waals surface area contributed by atoms with Crippen LogP contribution in [0.25, 0.3) is 10.4 Å². The summed E-state index contributed by atoms with van der Waals surface area (Å²) in [7, 11) is 0. The van der Waals surface area contributed by atoms with Crippen LogP contribution in [0.15, 0.2) is 29.6 Å². The van der Waals surface area contributed by atoms with Gasteiger partial charge in [-0.1, -0.05) is 76.8 Å². The van der Waals surface area contributed by atoms with Crippen molar-refractivity contribution in [1.82, 2.24) is 0 Å². The van der Waals surface area contributed by atoms with Gasteiger partial charge in [0.15, 0.2) is 0 Å². The average Bonchev–Trinajstić information content (AvgIpc) is 3.17. The Hall–Kier alpha value is -1.28. The maximum Gasteiger partial charge on any atom is 0.123 e. The van der Waals surface area contributed by atoms with E-state index in [0.717, 1.165) is 18.8 Å². The third-order valence-corrected chi connectivity index (χ3v) is 6.10. The van der Waals surface area contributed by atoms with Crippen molar-refractivity contribution in [1.29, 1.82) is 0 Å². The average molecular weight is 373 g/mol. The van der Waals surface area contributed by atoms with E-state index in [2.05, 4.69) is 50.4 Å². The van der Waals surface area contributed by atoms with Gasteiger partial charge in [-0.15, -0.1) is 11.3 Å². The Bertz CT molecular complexity index is 615. The number of aryl methyl sites for hydroxylation is 1. The molecule has 0 fully saturated rings. The number of benzene rings is 1. The van der Waals surface area contributed by atoms with Gasteiger partial charge in [0.1, 0.15) is 5.75 Å². The van der Waals surface area contributed by atoms with Crippen LogP contribution in [0.2, 0.25) is 0 Å². The van der Waals surface area contributed by atoms with Gasteiger partial charge in [0, 0.05) is 4.88 Å². The van der Waals surface area contributed by atoms with Crippen LogP contribution < -0.4 is 4.74 Å². The van der Waals surface area contributed by atoms with E-state index >= 15 is 0 Å². The van der Waals surface area contributed by atoms with E-state index in [9.17, 15) is 0 Å². The predicted molar refractivity (Wildman–Crippen MR) is 117 cm³/mol. The van der Waals surface area contributed by atoms with Gasteiger partial charge in [-0.2, -0.15) is 0 Å². The summed E-state index contributed by atoms with van der Waals surface area (Å²) in [4.78, 5) is 1.32. The van der Waals surface area contributed by atoms with Gasteiger partial charge in [-0.05, 0) is 54.5 Å². The number of hydrogen-bond acceptors (Lipinski definition) is 2. The van der Waals surface area contributed by atoms with Gasteiger partial charge in [-0.3, -0.25) is 0 Å². The number of ether oxygens (including phenoxy) is 1. The summed E-state index contributed by atoms with van der Waals surface area (Å²) < 4.78 is 6.13. The molecule has 2 aromatic rings. The van der Waals surface area contributed by atoms with Crippen LogP contribution in [0.4, 0.5) is 0 Å². The highest BCUT2D eigenvalue weighted by atomic mass is 32.1. The van der Waals surface area contributed by atoms with Crippen molar-refractivity contribution in [2.24, 2.45) is 0 Å². The molecule has 0 spiro atoms. The van der Waals surface area contributed by atoms with Crippen molar-refractivity contribution in [3.63, 3.8) is 0 Å². The SMILES string of the molecule is CCCCCCCCCCCCOc1cc(-c2cccs2)cc(C)c1C. The summed E-state index contributed by atoms with van der Waals surface area (Å²) in [6, 6.07) is 8.78. The molecule has 0 radical (unpaired) electrons. The quantitative estimate of drug-likeness (QED) is 0.321. The lowest BCUT2D eigenvalue weighted by atomic mass is 10.0. The fourth-order valence-electron chi connectivity index (χ4n) is 3.33. The summed E-state index contributed by atoms with van der Waals surface area (Å²) in [5.74, 6) is 1.06. The van der Waals surface area contributed by atoms with Gasteiger partial charge < -0.3 is 4.74 Å². The van der Waals surface area contributed by atoms with E-state index in [1.54, 1.807) is 11.3 Å². The molecule has 2 rings (SSSR count). The Morgan fingerprint density at radius 2 is 1.50 bits per heavy atom. The monoisotopic (exact) mass is 372 g/mol. The summed E-state index contributed by atoms with van der Waals surface area (Å²) in [6.45, 7) is 7.47. The smallest absolute Gasteiger partial charge is 0.123 e. The zero-order valence-corrected chi connectivity index (χ0v) is 17.8. The van der Waals surface area contributed by atoms with Gasteiger partial charge in [0.2, 0.25) is 0 Å². The highest BCUT2D eigenvalue weighted by molar-refractivity contribution is 7.13. The van der Waals surface area contributed by atoms with Crippen LogP contribution in [-0.4, -0.2) is 6.61 Å². The number of unbranched alkanes of at least 4 members (excludes halogenated alkanes) is 9. The van der Waals surface area contributed by atoms with Crippen LogP contribution in [-0.2, 0) is 0 Å². The molecule has 0 bridgehead atoms. The molecule has 1 aromatic heterocycles. The molecule has 1 nitrogen and oxygen atoms in total. The zero-order chi connectivity index (χ0) is 18.6. The Labute approximate surface area is 164 Å². The Morgan fingerprint density at radius 3 is 2.12 bits per heavy atom. The molecule has 1 heterocycles. The van der Waals surface area contributed by atoms with Gasteiger partial charge in [0.05, 0.1) is 6.61 Å². The van der Waals surface area contributed by atoms with Crippen molar-refractivity contribution in [2.45, 2.75) is 85.0 Å². The van der Waals surface area contributed by atoms with E-state index in [0.29, 0.717) is 0 Å². The fourth-order valence-corrected chi connectivity index (χ4v) is 4.05. The van der Waals surface area contributed by atoms with Crippen LogP contribution in [0.5, 0.6) is 5.75 Å². The summed E-state index contributed by atoms with van der Waals surface area (Å²) in [6.07, 6.45) is 13.6. The first-order valence-corrected chi connectivity index (χ1v) is 11.4. The lowest BCUT2D eigenvalue weighted by Gasteiger charge is -2.13. The fraction of sp³-hybridized carbons (Fsp3) is 0.583. The van der Waals surface area contributed by atoms with Crippen LogP contribution in [0.3, 0.4) is 0 Å². The lowest BCUT2D eigenvalue weighted by Crippen LogP contribution is -2.00. The molecule has 0 aliphatic heterocycles. The van der Waals surface area contributed by atoms with Crippen LogP contribution >= 0.6 is 11.3 Å². The molecular formula is C24H36OS. The second kappa shape index (κ2) is 12.2. The van der Waals surface area contributed by atoms with Gasteiger partial charge >= 0.3 is 0 Å². The number of thiophene rings is 1. The molecule has 0 aliphatic rings. The van der Waals surface area contributed by atoms with Crippen molar-refractivity contribution in [2.75, 3.05) is 6.61 Å². The highest BCUT2D eigenvalue weighted by Crippen LogP contribution is 2.32. The third kappa shape index (κ3) is 7.15. The maximum atomic E-state index is 6.13. The third-order valence-electron chi connectivity index (χ3n) is 5.18. The second-order valence-corrected chi connectivity index (χ2v) is 8.37.